The highest BCUT2D eigenvalue weighted by molar-refractivity contribution is 6.31. The van der Waals surface area contributed by atoms with Crippen LogP contribution in [0.25, 0.3) is 0 Å². The molecule has 1 aromatic rings. The van der Waals surface area contributed by atoms with E-state index >= 15 is 0 Å². The van der Waals surface area contributed by atoms with Crippen molar-refractivity contribution in [2.45, 2.75) is 12.5 Å². The molecule has 0 aliphatic rings. The molecule has 1 rings (SSSR count). The molecule has 0 fully saturated rings. The summed E-state index contributed by atoms with van der Waals surface area (Å²) < 4.78 is 12.9. The van der Waals surface area contributed by atoms with Gasteiger partial charge in [-0.25, -0.2) is 4.39 Å². The molecule has 84 valence electrons. The lowest BCUT2D eigenvalue weighted by molar-refractivity contribution is 0.137. The maximum atomic E-state index is 12.9. The molecule has 1 N–H and O–H groups in total. The third-order valence-electron chi connectivity index (χ3n) is 2.04. The number of likely N-dealkylation sites (N-methyl/N-ethyl adjacent to an activating group) is 1. The van der Waals surface area contributed by atoms with Gasteiger partial charge in [0.15, 0.2) is 0 Å². The average molecular weight is 232 g/mol. The van der Waals surface area contributed by atoms with E-state index in [1.807, 2.05) is 19.0 Å². The van der Waals surface area contributed by atoms with Crippen molar-refractivity contribution in [1.82, 2.24) is 4.90 Å². The molecule has 0 heterocycles. The van der Waals surface area contributed by atoms with E-state index < -0.39 is 6.10 Å². The first-order chi connectivity index (χ1) is 6.99. The molecule has 0 bridgehead atoms. The van der Waals surface area contributed by atoms with Crippen LogP contribution in [-0.2, 0) is 6.42 Å². The molecular weight excluding hydrogens is 217 g/mol. The van der Waals surface area contributed by atoms with Crippen LogP contribution in [-0.4, -0.2) is 36.8 Å². The number of nitrogens with zero attached hydrogens (tertiary/aromatic N) is 1. The van der Waals surface area contributed by atoms with Gasteiger partial charge in [-0.15, -0.1) is 0 Å². The monoisotopic (exact) mass is 231 g/mol. The van der Waals surface area contributed by atoms with E-state index in [1.165, 1.54) is 18.2 Å². The summed E-state index contributed by atoms with van der Waals surface area (Å²) >= 11 is 5.89. The Morgan fingerprint density at radius 1 is 1.47 bits per heavy atom. The van der Waals surface area contributed by atoms with E-state index in [1.54, 1.807) is 0 Å². The minimum Gasteiger partial charge on any atom is -0.391 e. The molecule has 2 nitrogen and oxygen atoms in total. The number of aliphatic hydroxyl groups is 1. The molecule has 0 aromatic heterocycles. The van der Waals surface area contributed by atoms with Crippen LogP contribution in [0.1, 0.15) is 5.56 Å². The third kappa shape index (κ3) is 4.16. The number of hydrogen-bond acceptors (Lipinski definition) is 2. The van der Waals surface area contributed by atoms with Crippen molar-refractivity contribution in [3.63, 3.8) is 0 Å². The Hall–Kier alpha value is -0.640. The summed E-state index contributed by atoms with van der Waals surface area (Å²) in [4.78, 5) is 1.87. The highest BCUT2D eigenvalue weighted by Crippen LogP contribution is 2.18. The van der Waals surface area contributed by atoms with Crippen molar-refractivity contribution >= 4 is 11.6 Å². The quantitative estimate of drug-likeness (QED) is 0.856. The Bertz CT molecular complexity index is 330. The first-order valence-electron chi connectivity index (χ1n) is 4.75. The number of benzene rings is 1. The number of aliphatic hydroxyl groups excluding tert-OH is 1. The van der Waals surface area contributed by atoms with Crippen LogP contribution in [0.5, 0.6) is 0 Å². The number of hydrogen-bond donors (Lipinski definition) is 1. The molecular formula is C11H15ClFNO. The van der Waals surface area contributed by atoms with E-state index in [4.69, 9.17) is 11.6 Å². The lowest BCUT2D eigenvalue weighted by Gasteiger charge is -2.16. The highest BCUT2D eigenvalue weighted by atomic mass is 35.5. The summed E-state index contributed by atoms with van der Waals surface area (Å²) in [6.45, 7) is 0.535. The van der Waals surface area contributed by atoms with Gasteiger partial charge in [-0.1, -0.05) is 11.6 Å². The van der Waals surface area contributed by atoms with Gasteiger partial charge in [0.1, 0.15) is 5.82 Å². The van der Waals surface area contributed by atoms with E-state index in [2.05, 4.69) is 0 Å². The fourth-order valence-electron chi connectivity index (χ4n) is 1.44. The molecule has 1 unspecified atom stereocenters. The lowest BCUT2D eigenvalue weighted by atomic mass is 10.1. The minimum absolute atomic E-state index is 0.327. The van der Waals surface area contributed by atoms with Gasteiger partial charge in [-0.3, -0.25) is 0 Å². The first-order valence-corrected chi connectivity index (χ1v) is 5.13. The highest BCUT2D eigenvalue weighted by Gasteiger charge is 2.10. The molecule has 0 radical (unpaired) electrons. The van der Waals surface area contributed by atoms with Crippen molar-refractivity contribution in [2.75, 3.05) is 20.6 Å². The fourth-order valence-corrected chi connectivity index (χ4v) is 1.63. The van der Waals surface area contributed by atoms with Gasteiger partial charge in [0, 0.05) is 18.0 Å². The van der Waals surface area contributed by atoms with Gasteiger partial charge in [0.25, 0.3) is 0 Å². The van der Waals surface area contributed by atoms with Gasteiger partial charge >= 0.3 is 0 Å². The summed E-state index contributed by atoms with van der Waals surface area (Å²) in [6, 6.07) is 4.18. The SMILES string of the molecule is CN(C)CC(O)Cc1cc(F)ccc1Cl. The van der Waals surface area contributed by atoms with E-state index in [0.29, 0.717) is 23.6 Å². The molecule has 1 aromatic carbocycles. The van der Waals surface area contributed by atoms with Gasteiger partial charge in [0.05, 0.1) is 6.10 Å². The van der Waals surface area contributed by atoms with Crippen LogP contribution in [0.4, 0.5) is 4.39 Å². The number of rotatable bonds is 4. The van der Waals surface area contributed by atoms with Crippen LogP contribution in [0.3, 0.4) is 0 Å². The van der Waals surface area contributed by atoms with Gasteiger partial charge in [-0.05, 0) is 37.9 Å². The second kappa shape index (κ2) is 5.45. The zero-order valence-electron chi connectivity index (χ0n) is 8.87. The van der Waals surface area contributed by atoms with Gasteiger partial charge in [-0.2, -0.15) is 0 Å². The summed E-state index contributed by atoms with van der Waals surface area (Å²) in [5.41, 5.74) is 0.644. The van der Waals surface area contributed by atoms with Crippen molar-refractivity contribution < 1.29 is 9.50 Å². The zero-order chi connectivity index (χ0) is 11.4. The molecule has 1 atom stereocenters. The Morgan fingerprint density at radius 3 is 2.73 bits per heavy atom. The lowest BCUT2D eigenvalue weighted by Crippen LogP contribution is -2.27. The second-order valence-electron chi connectivity index (χ2n) is 3.86. The Labute approximate surface area is 94.3 Å². The molecule has 4 heteroatoms. The predicted octanol–water partition coefficient (Wildman–Crippen LogP) is 1.94. The molecule has 0 saturated carbocycles. The van der Waals surface area contributed by atoms with Gasteiger partial charge < -0.3 is 10.0 Å². The third-order valence-corrected chi connectivity index (χ3v) is 2.41. The second-order valence-corrected chi connectivity index (χ2v) is 4.26. The minimum atomic E-state index is -0.528. The van der Waals surface area contributed by atoms with Crippen molar-refractivity contribution in [3.8, 4) is 0 Å². The van der Waals surface area contributed by atoms with Crippen LogP contribution < -0.4 is 0 Å². The van der Waals surface area contributed by atoms with Crippen molar-refractivity contribution in [3.05, 3.63) is 34.6 Å². The average Bonchev–Trinajstić information content (AvgIpc) is 2.10. The van der Waals surface area contributed by atoms with E-state index in [9.17, 15) is 9.50 Å². The fraction of sp³-hybridized carbons (Fsp3) is 0.455. The maximum Gasteiger partial charge on any atom is 0.123 e. The van der Waals surface area contributed by atoms with Gasteiger partial charge in [0.2, 0.25) is 0 Å². The molecule has 0 saturated heterocycles. The number of halogens is 2. The summed E-state index contributed by atoms with van der Waals surface area (Å²) in [5.74, 6) is -0.327. The molecule has 0 aliphatic heterocycles. The molecule has 15 heavy (non-hydrogen) atoms. The topological polar surface area (TPSA) is 23.5 Å². The van der Waals surface area contributed by atoms with Crippen LogP contribution >= 0.6 is 11.6 Å². The largest absolute Gasteiger partial charge is 0.391 e. The van der Waals surface area contributed by atoms with Crippen LogP contribution in [0, 0.1) is 5.82 Å². The standard InChI is InChI=1S/C11H15ClFNO/c1-14(2)7-10(15)6-8-5-9(13)3-4-11(8)12/h3-5,10,15H,6-7H2,1-2H3. The predicted molar refractivity (Wildman–Crippen MR) is 59.7 cm³/mol. The molecule has 0 spiro atoms. The van der Waals surface area contributed by atoms with Crippen molar-refractivity contribution in [2.24, 2.45) is 0 Å². The smallest absolute Gasteiger partial charge is 0.123 e. The summed E-state index contributed by atoms with van der Waals surface area (Å²) in [5, 5.41) is 10.2. The zero-order valence-corrected chi connectivity index (χ0v) is 9.63. The first kappa shape index (κ1) is 12.4. The molecule has 0 amide bonds. The maximum absolute atomic E-state index is 12.9. The van der Waals surface area contributed by atoms with E-state index in [-0.39, 0.29) is 5.82 Å². The Kier molecular flexibility index (Phi) is 4.51. The van der Waals surface area contributed by atoms with E-state index in [0.717, 1.165) is 0 Å². The normalized spacial score (nSPS) is 13.2. The summed E-state index contributed by atoms with van der Waals surface area (Å²) in [7, 11) is 3.74. The van der Waals surface area contributed by atoms with Crippen LogP contribution in [0.15, 0.2) is 18.2 Å². The van der Waals surface area contributed by atoms with Crippen molar-refractivity contribution in [1.29, 1.82) is 0 Å². The Morgan fingerprint density at radius 2 is 2.13 bits per heavy atom. The molecule has 0 aliphatic carbocycles. The van der Waals surface area contributed by atoms with Crippen LogP contribution in [0.2, 0.25) is 5.02 Å². The Balaban J connectivity index is 2.67. The summed E-state index contributed by atoms with van der Waals surface area (Å²) in [6.07, 6.45) is -0.159.